The second-order valence-electron chi connectivity index (χ2n) is 6.40. The van der Waals surface area contributed by atoms with E-state index in [1.807, 2.05) is 11.8 Å². The Bertz CT molecular complexity index is 514. The fraction of sp³-hybridized carbons (Fsp3) is 0.611. The summed E-state index contributed by atoms with van der Waals surface area (Å²) in [6, 6.07) is 8.87. The lowest BCUT2D eigenvalue weighted by molar-refractivity contribution is -0.120. The van der Waals surface area contributed by atoms with Crippen LogP contribution in [0.1, 0.15) is 45.4 Å². The number of nitrogens with one attached hydrogen (secondary N) is 1. The predicted molar refractivity (Wildman–Crippen MR) is 93.6 cm³/mol. The number of para-hydroxylation sites is 1. The Kier molecular flexibility index (Phi) is 5.29. The van der Waals surface area contributed by atoms with Crippen LogP contribution in [0.25, 0.3) is 0 Å². The van der Waals surface area contributed by atoms with E-state index in [0.29, 0.717) is 17.8 Å². The summed E-state index contributed by atoms with van der Waals surface area (Å²) in [7, 11) is 0. The summed E-state index contributed by atoms with van der Waals surface area (Å²) in [4.78, 5) is 16.0. The molecule has 120 valence electrons. The Morgan fingerprint density at radius 3 is 2.82 bits per heavy atom. The van der Waals surface area contributed by atoms with Crippen molar-refractivity contribution in [3.8, 4) is 0 Å². The van der Waals surface area contributed by atoms with Gasteiger partial charge in [0.1, 0.15) is 0 Å². The number of rotatable bonds is 4. The molecule has 0 aromatic heterocycles. The molecule has 3 rings (SSSR count). The molecule has 1 aliphatic carbocycles. The van der Waals surface area contributed by atoms with Crippen molar-refractivity contribution in [2.75, 3.05) is 18.0 Å². The quantitative estimate of drug-likeness (QED) is 0.916. The van der Waals surface area contributed by atoms with Gasteiger partial charge >= 0.3 is 0 Å². The van der Waals surface area contributed by atoms with Crippen LogP contribution in [0.15, 0.2) is 29.2 Å². The molecule has 1 aliphatic heterocycles. The summed E-state index contributed by atoms with van der Waals surface area (Å²) < 4.78 is 0. The molecule has 1 N–H and O–H groups in total. The summed E-state index contributed by atoms with van der Waals surface area (Å²) in [6.45, 7) is 3.69. The molecule has 1 heterocycles. The summed E-state index contributed by atoms with van der Waals surface area (Å²) in [5.74, 6) is 0.184. The van der Waals surface area contributed by atoms with Crippen LogP contribution in [0.5, 0.6) is 0 Å². The van der Waals surface area contributed by atoms with Gasteiger partial charge in [0, 0.05) is 22.7 Å². The lowest BCUT2D eigenvalue weighted by Crippen LogP contribution is -2.45. The van der Waals surface area contributed by atoms with Crippen LogP contribution >= 0.6 is 11.8 Å². The van der Waals surface area contributed by atoms with Crippen LogP contribution in [-0.2, 0) is 4.79 Å². The van der Waals surface area contributed by atoms with Crippen molar-refractivity contribution in [3.05, 3.63) is 24.3 Å². The van der Waals surface area contributed by atoms with Crippen LogP contribution in [0, 0.1) is 0 Å². The highest BCUT2D eigenvalue weighted by Gasteiger charge is 2.26. The molecule has 1 aromatic rings. The highest BCUT2D eigenvalue weighted by molar-refractivity contribution is 8.00. The van der Waals surface area contributed by atoms with Crippen LogP contribution in [0.3, 0.4) is 0 Å². The number of hydrogen-bond acceptors (Lipinski definition) is 3. The van der Waals surface area contributed by atoms with Gasteiger partial charge in [0.15, 0.2) is 0 Å². The molecule has 1 aromatic carbocycles. The molecule has 2 aliphatic rings. The highest BCUT2D eigenvalue weighted by Crippen LogP contribution is 2.39. The van der Waals surface area contributed by atoms with Gasteiger partial charge in [0.05, 0.1) is 12.2 Å². The monoisotopic (exact) mass is 318 g/mol. The standard InChI is InChI=1S/C18H26N2OS/c1-2-15-12-20(16-10-6-7-11-17(16)22-15)13-18(21)19-14-8-4-3-5-9-14/h6-7,10-11,14-15H,2-5,8-9,12-13H2,1H3,(H,19,21)/t15-/m0/s1. The van der Waals surface area contributed by atoms with Gasteiger partial charge in [-0.25, -0.2) is 0 Å². The third kappa shape index (κ3) is 3.78. The topological polar surface area (TPSA) is 32.3 Å². The molecular formula is C18H26N2OS. The molecule has 3 nitrogen and oxygen atoms in total. The third-order valence-corrected chi connectivity index (χ3v) is 6.10. The van der Waals surface area contributed by atoms with Crippen molar-refractivity contribution in [2.45, 2.75) is 61.6 Å². The Morgan fingerprint density at radius 1 is 1.27 bits per heavy atom. The summed E-state index contributed by atoms with van der Waals surface area (Å²) >= 11 is 1.95. The van der Waals surface area contributed by atoms with Crippen molar-refractivity contribution < 1.29 is 4.79 Å². The van der Waals surface area contributed by atoms with E-state index in [0.717, 1.165) is 25.8 Å². The van der Waals surface area contributed by atoms with Gasteiger partial charge in [-0.15, -0.1) is 11.8 Å². The van der Waals surface area contributed by atoms with Crippen LogP contribution in [-0.4, -0.2) is 30.3 Å². The summed E-state index contributed by atoms with van der Waals surface area (Å²) in [5.41, 5.74) is 1.22. The summed E-state index contributed by atoms with van der Waals surface area (Å²) in [5, 5.41) is 3.82. The van der Waals surface area contributed by atoms with Gasteiger partial charge in [-0.3, -0.25) is 4.79 Å². The van der Waals surface area contributed by atoms with Gasteiger partial charge < -0.3 is 10.2 Å². The number of carbonyl (C=O) groups excluding carboxylic acids is 1. The molecule has 1 amide bonds. The lowest BCUT2D eigenvalue weighted by Gasteiger charge is -2.35. The second kappa shape index (κ2) is 7.40. The Balaban J connectivity index is 1.64. The molecule has 22 heavy (non-hydrogen) atoms. The Labute approximate surface area is 137 Å². The molecule has 0 spiro atoms. The Hall–Kier alpha value is -1.16. The maximum atomic E-state index is 12.4. The summed E-state index contributed by atoms with van der Waals surface area (Å²) in [6.07, 6.45) is 7.27. The molecule has 4 heteroatoms. The van der Waals surface area contributed by atoms with E-state index >= 15 is 0 Å². The number of thioether (sulfide) groups is 1. The van der Waals surface area contributed by atoms with E-state index in [2.05, 4.69) is 41.4 Å². The number of amides is 1. The van der Waals surface area contributed by atoms with E-state index in [1.165, 1.54) is 29.8 Å². The third-order valence-electron chi connectivity index (χ3n) is 4.68. The van der Waals surface area contributed by atoms with E-state index < -0.39 is 0 Å². The smallest absolute Gasteiger partial charge is 0.239 e. The SMILES string of the molecule is CC[C@H]1CN(CC(=O)NC2CCCCC2)c2ccccc2S1. The van der Waals surface area contributed by atoms with Crippen molar-refractivity contribution in [1.82, 2.24) is 5.32 Å². The highest BCUT2D eigenvalue weighted by atomic mass is 32.2. The van der Waals surface area contributed by atoms with Crippen molar-refractivity contribution >= 4 is 23.4 Å². The maximum absolute atomic E-state index is 12.4. The first-order valence-corrected chi connectivity index (χ1v) is 9.44. The normalized spacial score (nSPS) is 22.2. The largest absolute Gasteiger partial charge is 0.360 e. The van der Waals surface area contributed by atoms with E-state index in [1.54, 1.807) is 0 Å². The average Bonchev–Trinajstić information content (AvgIpc) is 2.55. The van der Waals surface area contributed by atoms with Crippen molar-refractivity contribution in [3.63, 3.8) is 0 Å². The first-order chi connectivity index (χ1) is 10.8. The number of benzene rings is 1. The lowest BCUT2D eigenvalue weighted by atomic mass is 9.95. The van der Waals surface area contributed by atoms with Gasteiger partial charge in [-0.05, 0) is 31.4 Å². The van der Waals surface area contributed by atoms with E-state index in [4.69, 9.17) is 0 Å². The zero-order valence-electron chi connectivity index (χ0n) is 13.4. The molecule has 1 atom stereocenters. The number of hydrogen-bond donors (Lipinski definition) is 1. The van der Waals surface area contributed by atoms with Crippen molar-refractivity contribution in [2.24, 2.45) is 0 Å². The number of carbonyl (C=O) groups is 1. The van der Waals surface area contributed by atoms with E-state index in [-0.39, 0.29) is 5.91 Å². The average molecular weight is 318 g/mol. The zero-order chi connectivity index (χ0) is 15.4. The zero-order valence-corrected chi connectivity index (χ0v) is 14.2. The van der Waals surface area contributed by atoms with Crippen molar-refractivity contribution in [1.29, 1.82) is 0 Å². The Morgan fingerprint density at radius 2 is 2.05 bits per heavy atom. The fourth-order valence-corrected chi connectivity index (χ4v) is 4.69. The van der Waals surface area contributed by atoms with Crippen LogP contribution in [0.2, 0.25) is 0 Å². The minimum absolute atomic E-state index is 0.184. The molecule has 0 unspecified atom stereocenters. The first-order valence-electron chi connectivity index (χ1n) is 8.56. The predicted octanol–water partition coefficient (Wildman–Crippen LogP) is 3.83. The first kappa shape index (κ1) is 15.7. The molecule has 0 radical (unpaired) electrons. The van der Waals surface area contributed by atoms with Gasteiger partial charge in [-0.1, -0.05) is 38.3 Å². The number of fused-ring (bicyclic) bond motifs is 1. The second-order valence-corrected chi connectivity index (χ2v) is 7.74. The molecule has 0 saturated heterocycles. The van der Waals surface area contributed by atoms with Crippen LogP contribution < -0.4 is 10.2 Å². The van der Waals surface area contributed by atoms with Gasteiger partial charge in [-0.2, -0.15) is 0 Å². The minimum Gasteiger partial charge on any atom is -0.360 e. The number of anilines is 1. The van der Waals surface area contributed by atoms with Gasteiger partial charge in [0.2, 0.25) is 5.91 Å². The van der Waals surface area contributed by atoms with Gasteiger partial charge in [0.25, 0.3) is 0 Å². The minimum atomic E-state index is 0.184. The fourth-order valence-electron chi connectivity index (χ4n) is 3.43. The maximum Gasteiger partial charge on any atom is 0.239 e. The molecule has 0 bridgehead atoms. The number of nitrogens with zero attached hydrogens (tertiary/aromatic N) is 1. The molecule has 1 fully saturated rings. The molecular weight excluding hydrogens is 292 g/mol. The van der Waals surface area contributed by atoms with Crippen LogP contribution in [0.4, 0.5) is 5.69 Å². The van der Waals surface area contributed by atoms with E-state index in [9.17, 15) is 4.79 Å². The molecule has 1 saturated carbocycles.